The van der Waals surface area contributed by atoms with Crippen LogP contribution >= 0.6 is 0 Å². The maximum absolute atomic E-state index is 2.30. The van der Waals surface area contributed by atoms with Crippen molar-refractivity contribution in [2.45, 2.75) is 20.8 Å². The highest BCUT2D eigenvalue weighted by Gasteiger charge is 2.12. The number of rotatable bonds is 1. The lowest BCUT2D eigenvalue weighted by Gasteiger charge is -2.01. The Bertz CT molecular complexity index is 693. The number of hydrogen-bond acceptors (Lipinski definition) is 0. The summed E-state index contributed by atoms with van der Waals surface area (Å²) >= 11 is 0. The Morgan fingerprint density at radius 3 is 2.00 bits per heavy atom. The van der Waals surface area contributed by atoms with Crippen LogP contribution in [0.4, 0.5) is 0 Å². The summed E-state index contributed by atoms with van der Waals surface area (Å²) < 4.78 is 0. The van der Waals surface area contributed by atoms with E-state index in [0.717, 1.165) is 0 Å². The maximum atomic E-state index is 2.30. The molecular formula is C19H18. The lowest BCUT2D eigenvalue weighted by molar-refractivity contribution is 1.44. The number of benzene rings is 1. The van der Waals surface area contributed by atoms with Crippen LogP contribution in [0.3, 0.4) is 0 Å². The molecule has 0 saturated carbocycles. The molecule has 0 spiro atoms. The van der Waals surface area contributed by atoms with Gasteiger partial charge in [-0.15, -0.1) is 0 Å². The van der Waals surface area contributed by atoms with E-state index in [1.165, 1.54) is 38.9 Å². The van der Waals surface area contributed by atoms with E-state index < -0.39 is 0 Å². The zero-order valence-electron chi connectivity index (χ0n) is 11.7. The molecule has 2 aliphatic carbocycles. The quantitative estimate of drug-likeness (QED) is 0.540. The molecule has 0 radical (unpaired) electrons. The summed E-state index contributed by atoms with van der Waals surface area (Å²) in [6, 6.07) is 19.6. The molecule has 3 rings (SSSR count). The molecule has 2 aliphatic rings. The van der Waals surface area contributed by atoms with Gasteiger partial charge in [-0.05, 0) is 59.7 Å². The first-order valence-corrected chi connectivity index (χ1v) is 6.73. The number of aryl methyl sites for hydroxylation is 3. The first-order valence-electron chi connectivity index (χ1n) is 6.73. The van der Waals surface area contributed by atoms with Crippen LogP contribution in [0.25, 0.3) is 22.3 Å². The zero-order valence-corrected chi connectivity index (χ0v) is 11.7. The summed E-state index contributed by atoms with van der Waals surface area (Å²) in [5.41, 5.74) is 9.41. The van der Waals surface area contributed by atoms with Crippen molar-refractivity contribution >= 4 is 0 Å². The van der Waals surface area contributed by atoms with Gasteiger partial charge in [0.2, 0.25) is 0 Å². The zero-order chi connectivity index (χ0) is 13.4. The number of fused-ring (bicyclic) bond motifs is 1. The minimum atomic E-state index is 1.28. The Morgan fingerprint density at radius 1 is 0.579 bits per heavy atom. The van der Waals surface area contributed by atoms with Crippen LogP contribution in [-0.2, 0) is 0 Å². The molecular weight excluding hydrogens is 228 g/mol. The molecule has 0 heteroatoms. The predicted octanol–water partition coefficient (Wildman–Crippen LogP) is 5.38. The number of hydrogen-bond donors (Lipinski definition) is 0. The monoisotopic (exact) mass is 246 g/mol. The third-order valence-electron chi connectivity index (χ3n) is 3.83. The normalized spacial score (nSPS) is 10.9. The molecule has 1 aromatic carbocycles. The second kappa shape index (κ2) is 4.55. The molecule has 0 nitrogen and oxygen atoms in total. The molecule has 0 heterocycles. The Kier molecular flexibility index (Phi) is 2.87. The van der Waals surface area contributed by atoms with E-state index in [0.29, 0.717) is 0 Å². The van der Waals surface area contributed by atoms with Crippen molar-refractivity contribution in [3.63, 3.8) is 0 Å². The van der Waals surface area contributed by atoms with Gasteiger partial charge in [0, 0.05) is 0 Å². The molecule has 0 aliphatic heterocycles. The first kappa shape index (κ1) is 12.0. The second-order valence-electron chi connectivity index (χ2n) is 5.28. The van der Waals surface area contributed by atoms with Crippen LogP contribution in [0, 0.1) is 20.8 Å². The molecule has 0 bridgehead atoms. The molecule has 1 aromatic rings. The van der Waals surface area contributed by atoms with Gasteiger partial charge in [-0.2, -0.15) is 0 Å². The summed E-state index contributed by atoms with van der Waals surface area (Å²) in [5, 5.41) is 0. The molecule has 0 N–H and O–H groups in total. The minimum Gasteiger partial charge on any atom is -0.0622 e. The third kappa shape index (κ3) is 2.04. The van der Waals surface area contributed by atoms with E-state index in [2.05, 4.69) is 75.4 Å². The van der Waals surface area contributed by atoms with Crippen LogP contribution in [0.2, 0.25) is 0 Å². The maximum Gasteiger partial charge on any atom is -0.0123 e. The average Bonchev–Trinajstić information content (AvgIpc) is 2.75. The van der Waals surface area contributed by atoms with Crippen molar-refractivity contribution in [1.82, 2.24) is 0 Å². The fourth-order valence-electron chi connectivity index (χ4n) is 2.89. The minimum absolute atomic E-state index is 1.28. The lowest BCUT2D eigenvalue weighted by atomic mass is 10.0. The van der Waals surface area contributed by atoms with E-state index in [-0.39, 0.29) is 0 Å². The molecule has 19 heavy (non-hydrogen) atoms. The smallest absolute Gasteiger partial charge is 0.0123 e. The summed E-state index contributed by atoms with van der Waals surface area (Å²) in [4.78, 5) is 0. The fraction of sp³-hybridized carbons (Fsp3) is 0.158. The van der Waals surface area contributed by atoms with Gasteiger partial charge in [-0.3, -0.25) is 0 Å². The topological polar surface area (TPSA) is 0 Å². The van der Waals surface area contributed by atoms with Gasteiger partial charge in [0.05, 0.1) is 0 Å². The van der Waals surface area contributed by atoms with Gasteiger partial charge in [-0.1, -0.05) is 54.6 Å². The molecule has 0 saturated heterocycles. The van der Waals surface area contributed by atoms with Crippen LogP contribution < -0.4 is 0 Å². The molecule has 94 valence electrons. The molecule has 0 atom stereocenters. The van der Waals surface area contributed by atoms with Crippen molar-refractivity contribution in [2.75, 3.05) is 0 Å². The third-order valence-corrected chi connectivity index (χ3v) is 3.83. The Hall–Kier alpha value is -2.08. The van der Waals surface area contributed by atoms with Gasteiger partial charge < -0.3 is 0 Å². The lowest BCUT2D eigenvalue weighted by Crippen LogP contribution is -1.79. The van der Waals surface area contributed by atoms with Crippen LogP contribution in [0.15, 0.2) is 54.6 Å². The van der Waals surface area contributed by atoms with Crippen molar-refractivity contribution in [3.05, 3.63) is 71.3 Å². The van der Waals surface area contributed by atoms with Crippen molar-refractivity contribution in [1.29, 1.82) is 0 Å². The van der Waals surface area contributed by atoms with Crippen molar-refractivity contribution in [2.24, 2.45) is 0 Å². The molecule has 0 fully saturated rings. The predicted molar refractivity (Wildman–Crippen MR) is 82.7 cm³/mol. The SMILES string of the molecule is Cc1cc(-c2ccccc2)cc(C)c2c(C)ccc1-2. The Morgan fingerprint density at radius 2 is 1.26 bits per heavy atom. The highest BCUT2D eigenvalue weighted by molar-refractivity contribution is 5.79. The molecule has 0 aromatic heterocycles. The summed E-state index contributed by atoms with van der Waals surface area (Å²) in [7, 11) is 0. The highest BCUT2D eigenvalue weighted by Crippen LogP contribution is 2.35. The second-order valence-corrected chi connectivity index (χ2v) is 5.28. The van der Waals surface area contributed by atoms with Crippen LogP contribution in [0.1, 0.15) is 16.7 Å². The van der Waals surface area contributed by atoms with Gasteiger partial charge in [-0.25, -0.2) is 0 Å². The largest absolute Gasteiger partial charge is 0.0622 e. The van der Waals surface area contributed by atoms with Gasteiger partial charge >= 0.3 is 0 Å². The Labute approximate surface area is 115 Å². The van der Waals surface area contributed by atoms with Crippen molar-refractivity contribution in [3.8, 4) is 22.3 Å². The van der Waals surface area contributed by atoms with Crippen LogP contribution in [0.5, 0.6) is 0 Å². The van der Waals surface area contributed by atoms with Gasteiger partial charge in [0.25, 0.3) is 0 Å². The van der Waals surface area contributed by atoms with Gasteiger partial charge in [0.1, 0.15) is 0 Å². The summed E-state index contributed by atoms with van der Waals surface area (Å²) in [6.07, 6.45) is 0. The average molecular weight is 246 g/mol. The summed E-state index contributed by atoms with van der Waals surface area (Å²) in [6.45, 7) is 6.60. The fourth-order valence-corrected chi connectivity index (χ4v) is 2.89. The molecule has 0 amide bonds. The van der Waals surface area contributed by atoms with E-state index >= 15 is 0 Å². The summed E-state index contributed by atoms with van der Waals surface area (Å²) in [5.74, 6) is 0. The first-order chi connectivity index (χ1) is 9.16. The standard InChI is InChI=1S/C19H18/c1-13-9-10-18-14(2)11-17(12-15(3)19(13)18)16-7-5-4-6-8-16/h4-12H,1-3H3. The van der Waals surface area contributed by atoms with E-state index in [1.807, 2.05) is 0 Å². The highest BCUT2D eigenvalue weighted by atomic mass is 14.2. The van der Waals surface area contributed by atoms with Crippen LogP contribution in [-0.4, -0.2) is 0 Å². The van der Waals surface area contributed by atoms with Gasteiger partial charge in [0.15, 0.2) is 0 Å². The van der Waals surface area contributed by atoms with E-state index in [9.17, 15) is 0 Å². The van der Waals surface area contributed by atoms with E-state index in [4.69, 9.17) is 0 Å². The molecule has 0 unspecified atom stereocenters. The van der Waals surface area contributed by atoms with Crippen molar-refractivity contribution < 1.29 is 0 Å². The Balaban J connectivity index is 2.32. The van der Waals surface area contributed by atoms with E-state index in [1.54, 1.807) is 0 Å².